The molecular weight excluding hydrogens is 390 g/mol. The fourth-order valence-electron chi connectivity index (χ4n) is 4.30. The predicted molar refractivity (Wildman–Crippen MR) is 120 cm³/mol. The lowest BCUT2D eigenvalue weighted by molar-refractivity contribution is 0.756. The van der Waals surface area contributed by atoms with Crippen LogP contribution >= 0.6 is 0 Å². The van der Waals surface area contributed by atoms with Crippen LogP contribution in [-0.2, 0) is 14.1 Å². The van der Waals surface area contributed by atoms with Gasteiger partial charge in [0, 0.05) is 43.6 Å². The van der Waals surface area contributed by atoms with E-state index in [1.54, 1.807) is 27.1 Å². The molecule has 0 saturated carbocycles. The molecule has 8 nitrogen and oxygen atoms in total. The van der Waals surface area contributed by atoms with Crippen LogP contribution in [0.25, 0.3) is 49.8 Å². The lowest BCUT2D eigenvalue weighted by Crippen LogP contribution is -2.21. The highest BCUT2D eigenvalue weighted by atomic mass is 16.1. The number of aryl methyl sites for hydroxylation is 3. The molecule has 0 bridgehead atoms. The van der Waals surface area contributed by atoms with Crippen molar-refractivity contribution in [3.63, 3.8) is 0 Å². The molecule has 0 amide bonds. The van der Waals surface area contributed by atoms with E-state index in [1.165, 1.54) is 0 Å². The third-order valence-corrected chi connectivity index (χ3v) is 5.84. The fraction of sp³-hybridized carbons (Fsp3) is 0.130. The Morgan fingerprint density at radius 1 is 0.968 bits per heavy atom. The van der Waals surface area contributed by atoms with Gasteiger partial charge in [-0.25, -0.2) is 4.79 Å². The van der Waals surface area contributed by atoms with Gasteiger partial charge in [-0.2, -0.15) is 5.10 Å². The smallest absolute Gasteiger partial charge is 0.333 e. The number of rotatable bonds is 2. The van der Waals surface area contributed by atoms with Gasteiger partial charge >= 0.3 is 5.69 Å². The maximum atomic E-state index is 13.2. The molecule has 1 N–H and O–H groups in total. The zero-order chi connectivity index (χ0) is 21.3. The third-order valence-electron chi connectivity index (χ3n) is 5.84. The van der Waals surface area contributed by atoms with E-state index >= 15 is 0 Å². The van der Waals surface area contributed by atoms with Crippen LogP contribution in [0.5, 0.6) is 0 Å². The molecule has 0 fully saturated rings. The number of nitrogens with one attached hydrogen (secondary N) is 1. The van der Waals surface area contributed by atoms with Gasteiger partial charge in [-0.15, -0.1) is 0 Å². The van der Waals surface area contributed by atoms with Gasteiger partial charge in [0.25, 0.3) is 0 Å². The van der Waals surface area contributed by atoms with Gasteiger partial charge in [-0.3, -0.25) is 23.8 Å². The number of H-pyrrole nitrogens is 1. The monoisotopic (exact) mass is 409 g/mol. The summed E-state index contributed by atoms with van der Waals surface area (Å²) in [6, 6.07) is 10.1. The Labute approximate surface area is 176 Å². The van der Waals surface area contributed by atoms with Crippen LogP contribution in [0.2, 0.25) is 0 Å². The molecule has 31 heavy (non-hydrogen) atoms. The first-order valence-corrected chi connectivity index (χ1v) is 9.95. The molecule has 5 aromatic heterocycles. The average Bonchev–Trinajstić information content (AvgIpc) is 3.44. The summed E-state index contributed by atoms with van der Waals surface area (Å²) in [4.78, 5) is 25.6. The molecule has 6 rings (SSSR count). The van der Waals surface area contributed by atoms with E-state index < -0.39 is 0 Å². The first-order chi connectivity index (χ1) is 15.0. The summed E-state index contributed by atoms with van der Waals surface area (Å²) < 4.78 is 5.09. The SMILES string of the molecule is Cc1nn(C)cc1-n1c(=O)n(C)c2cnc3ccc(-c4cnc5cc[nH]c5c4)cc3c21. The second-order valence-corrected chi connectivity index (χ2v) is 7.81. The number of imidazole rings is 1. The zero-order valence-electron chi connectivity index (χ0n) is 17.3. The Morgan fingerprint density at radius 3 is 2.61 bits per heavy atom. The molecule has 0 radical (unpaired) electrons. The van der Waals surface area contributed by atoms with Crippen molar-refractivity contribution in [2.24, 2.45) is 14.1 Å². The van der Waals surface area contributed by atoms with Gasteiger partial charge < -0.3 is 4.98 Å². The highest BCUT2D eigenvalue weighted by Gasteiger charge is 2.19. The average molecular weight is 409 g/mol. The molecule has 6 aromatic rings. The minimum atomic E-state index is -0.125. The molecule has 152 valence electrons. The van der Waals surface area contributed by atoms with Gasteiger partial charge in [0.15, 0.2) is 0 Å². The minimum Gasteiger partial charge on any atom is -0.360 e. The Kier molecular flexibility index (Phi) is 3.50. The van der Waals surface area contributed by atoms with E-state index in [9.17, 15) is 4.79 Å². The second kappa shape index (κ2) is 6.15. The number of nitrogens with zero attached hydrogens (tertiary/aromatic N) is 6. The Morgan fingerprint density at radius 2 is 1.81 bits per heavy atom. The van der Waals surface area contributed by atoms with Gasteiger partial charge in [-0.1, -0.05) is 6.07 Å². The lowest BCUT2D eigenvalue weighted by atomic mass is 10.0. The number of benzene rings is 1. The highest BCUT2D eigenvalue weighted by molar-refractivity contribution is 6.04. The molecule has 0 saturated heterocycles. The Hall–Kier alpha value is -4.20. The summed E-state index contributed by atoms with van der Waals surface area (Å²) in [5.41, 5.74) is 7.78. The van der Waals surface area contributed by atoms with E-state index in [4.69, 9.17) is 0 Å². The van der Waals surface area contributed by atoms with E-state index in [1.807, 2.05) is 50.8 Å². The number of hydrogen-bond acceptors (Lipinski definition) is 4. The van der Waals surface area contributed by atoms with Crippen molar-refractivity contribution >= 4 is 33.0 Å². The molecule has 0 unspecified atom stereocenters. The first-order valence-electron chi connectivity index (χ1n) is 9.95. The van der Waals surface area contributed by atoms with Crippen molar-refractivity contribution in [3.05, 3.63) is 71.3 Å². The predicted octanol–water partition coefficient (Wildman–Crippen LogP) is 3.46. The van der Waals surface area contributed by atoms with Crippen LogP contribution in [0, 0.1) is 6.92 Å². The molecule has 0 aliphatic heterocycles. The quantitative estimate of drug-likeness (QED) is 0.475. The van der Waals surface area contributed by atoms with Gasteiger partial charge in [0.05, 0.1) is 45.2 Å². The van der Waals surface area contributed by atoms with E-state index in [-0.39, 0.29) is 5.69 Å². The van der Waals surface area contributed by atoms with Crippen LogP contribution < -0.4 is 5.69 Å². The number of pyridine rings is 2. The summed E-state index contributed by atoms with van der Waals surface area (Å²) >= 11 is 0. The zero-order valence-corrected chi connectivity index (χ0v) is 17.3. The highest BCUT2D eigenvalue weighted by Crippen LogP contribution is 2.30. The fourth-order valence-corrected chi connectivity index (χ4v) is 4.30. The van der Waals surface area contributed by atoms with Crippen LogP contribution in [0.15, 0.2) is 59.9 Å². The first kappa shape index (κ1) is 17.6. The Bertz CT molecular complexity index is 1700. The maximum Gasteiger partial charge on any atom is 0.333 e. The number of fused-ring (bicyclic) bond motifs is 4. The molecule has 1 aromatic carbocycles. The van der Waals surface area contributed by atoms with Crippen LogP contribution in [0.3, 0.4) is 0 Å². The summed E-state index contributed by atoms with van der Waals surface area (Å²) in [6.07, 6.45) is 7.38. The molecule has 0 atom stereocenters. The third kappa shape index (κ3) is 2.48. The number of hydrogen-bond donors (Lipinski definition) is 1. The van der Waals surface area contributed by atoms with Crippen LogP contribution in [0.1, 0.15) is 5.69 Å². The normalized spacial score (nSPS) is 11.8. The molecule has 0 aliphatic carbocycles. The standard InChI is InChI=1S/C23H19N7O/c1-13-21(12-28(2)27-13)30-22-16-8-14(15-9-19-18(25-10-15)6-7-24-19)4-5-17(16)26-11-20(22)29(3)23(30)31/h4-12,24H,1-3H3. The van der Waals surface area contributed by atoms with Gasteiger partial charge in [0.1, 0.15) is 0 Å². The van der Waals surface area contributed by atoms with Crippen molar-refractivity contribution in [2.45, 2.75) is 6.92 Å². The van der Waals surface area contributed by atoms with Crippen molar-refractivity contribution in [2.75, 3.05) is 0 Å². The Balaban J connectivity index is 1.70. The minimum absolute atomic E-state index is 0.125. The summed E-state index contributed by atoms with van der Waals surface area (Å²) in [5, 5.41) is 5.34. The van der Waals surface area contributed by atoms with Gasteiger partial charge in [0.2, 0.25) is 0 Å². The molecule has 5 heterocycles. The molecule has 8 heteroatoms. The number of aromatic amines is 1. The van der Waals surface area contributed by atoms with E-state index in [0.29, 0.717) is 0 Å². The summed E-state index contributed by atoms with van der Waals surface area (Å²) in [7, 11) is 3.63. The van der Waals surface area contributed by atoms with E-state index in [0.717, 1.165) is 55.5 Å². The largest absolute Gasteiger partial charge is 0.360 e. The summed E-state index contributed by atoms with van der Waals surface area (Å²) in [5.74, 6) is 0. The van der Waals surface area contributed by atoms with E-state index in [2.05, 4.69) is 32.2 Å². The molecule has 0 aliphatic rings. The molecule has 0 spiro atoms. The van der Waals surface area contributed by atoms with Crippen LogP contribution in [-0.4, -0.2) is 33.9 Å². The van der Waals surface area contributed by atoms with Crippen molar-refractivity contribution in [1.29, 1.82) is 0 Å². The summed E-state index contributed by atoms with van der Waals surface area (Å²) in [6.45, 7) is 1.91. The maximum absolute atomic E-state index is 13.2. The number of aromatic nitrogens is 7. The van der Waals surface area contributed by atoms with Crippen molar-refractivity contribution in [1.82, 2.24) is 33.9 Å². The topological polar surface area (TPSA) is 86.3 Å². The van der Waals surface area contributed by atoms with Crippen LogP contribution in [0.4, 0.5) is 0 Å². The van der Waals surface area contributed by atoms with Crippen molar-refractivity contribution in [3.8, 4) is 16.8 Å². The second-order valence-electron chi connectivity index (χ2n) is 7.81. The van der Waals surface area contributed by atoms with Gasteiger partial charge in [-0.05, 0) is 36.8 Å². The lowest BCUT2D eigenvalue weighted by Gasteiger charge is -2.07. The van der Waals surface area contributed by atoms with Crippen molar-refractivity contribution < 1.29 is 0 Å². The molecular formula is C23H19N7O.